The maximum absolute atomic E-state index is 13.3. The summed E-state index contributed by atoms with van der Waals surface area (Å²) in [4.78, 5) is 12.7. The van der Waals surface area contributed by atoms with E-state index in [9.17, 15) is 9.18 Å². The Kier molecular flexibility index (Phi) is 3.88. The van der Waals surface area contributed by atoms with E-state index < -0.39 is 0 Å². The van der Waals surface area contributed by atoms with E-state index in [1.54, 1.807) is 22.9 Å². The average Bonchev–Trinajstić information content (AvgIpc) is 3.03. The predicted molar refractivity (Wildman–Crippen MR) is 88.6 cm³/mol. The molecule has 6 heteroatoms. The van der Waals surface area contributed by atoms with Gasteiger partial charge in [0.25, 0.3) is 5.56 Å². The van der Waals surface area contributed by atoms with Crippen molar-refractivity contribution in [3.05, 3.63) is 64.2 Å². The Morgan fingerprint density at radius 1 is 1.12 bits per heavy atom. The van der Waals surface area contributed by atoms with Crippen LogP contribution in [0.4, 0.5) is 4.39 Å². The van der Waals surface area contributed by atoms with E-state index in [1.165, 1.54) is 31.4 Å². The smallest absolute Gasteiger partial charge is 0.296 e. The second-order valence-electron chi connectivity index (χ2n) is 6.45. The number of fused-ring (bicyclic) bond motifs is 1. The quantitative estimate of drug-likeness (QED) is 0.743. The van der Waals surface area contributed by atoms with Crippen LogP contribution < -0.4 is 5.56 Å². The summed E-state index contributed by atoms with van der Waals surface area (Å²) in [5.74, 6) is 0.968. The Bertz CT molecular complexity index is 924. The van der Waals surface area contributed by atoms with Crippen molar-refractivity contribution in [1.29, 1.82) is 0 Å². The highest BCUT2D eigenvalue weighted by Crippen LogP contribution is 2.31. The van der Waals surface area contributed by atoms with Gasteiger partial charge in [-0.25, -0.2) is 4.39 Å². The van der Waals surface area contributed by atoms with E-state index in [2.05, 4.69) is 10.2 Å². The van der Waals surface area contributed by atoms with Crippen molar-refractivity contribution in [1.82, 2.24) is 19.2 Å². The molecule has 5 nitrogen and oxygen atoms in total. The van der Waals surface area contributed by atoms with Gasteiger partial charge in [0.1, 0.15) is 11.6 Å². The zero-order valence-corrected chi connectivity index (χ0v) is 13.4. The van der Waals surface area contributed by atoms with Crippen LogP contribution in [0.15, 0.2) is 41.5 Å². The molecule has 0 saturated heterocycles. The lowest BCUT2D eigenvalue weighted by molar-refractivity contribution is 0.426. The predicted octanol–water partition coefficient (Wildman–Crippen LogP) is 3.13. The number of hydrogen-bond donors (Lipinski definition) is 0. The van der Waals surface area contributed by atoms with Gasteiger partial charge < -0.3 is 4.57 Å². The van der Waals surface area contributed by atoms with Gasteiger partial charge in [0.15, 0.2) is 0 Å². The van der Waals surface area contributed by atoms with Crippen LogP contribution in [0.3, 0.4) is 0 Å². The van der Waals surface area contributed by atoms with E-state index in [0.29, 0.717) is 18.1 Å². The van der Waals surface area contributed by atoms with Crippen molar-refractivity contribution in [2.24, 2.45) is 0 Å². The van der Waals surface area contributed by atoms with Gasteiger partial charge in [0, 0.05) is 18.3 Å². The summed E-state index contributed by atoms with van der Waals surface area (Å²) in [7, 11) is 0. The second kappa shape index (κ2) is 6.19. The maximum atomic E-state index is 13.3. The first-order valence-electron chi connectivity index (χ1n) is 8.41. The van der Waals surface area contributed by atoms with Crippen LogP contribution in [0.5, 0.6) is 0 Å². The lowest BCUT2D eigenvalue weighted by Gasteiger charge is -2.19. The molecule has 0 amide bonds. The van der Waals surface area contributed by atoms with Crippen LogP contribution in [0.2, 0.25) is 0 Å². The summed E-state index contributed by atoms with van der Waals surface area (Å²) >= 11 is 0. The summed E-state index contributed by atoms with van der Waals surface area (Å²) in [5.41, 5.74) is 0.888. The lowest BCUT2D eigenvalue weighted by Crippen LogP contribution is -2.23. The van der Waals surface area contributed by atoms with Gasteiger partial charge in [0.2, 0.25) is 5.65 Å². The molecule has 0 N–H and O–H groups in total. The van der Waals surface area contributed by atoms with Gasteiger partial charge in [-0.1, -0.05) is 31.4 Å². The largest absolute Gasteiger partial charge is 0.306 e. The molecule has 1 saturated carbocycles. The van der Waals surface area contributed by atoms with Gasteiger partial charge >= 0.3 is 0 Å². The summed E-state index contributed by atoms with van der Waals surface area (Å²) in [5, 5.41) is 8.40. The first-order valence-corrected chi connectivity index (χ1v) is 8.41. The average molecular weight is 326 g/mol. The van der Waals surface area contributed by atoms with Crippen molar-refractivity contribution in [2.75, 3.05) is 0 Å². The first-order chi connectivity index (χ1) is 11.7. The van der Waals surface area contributed by atoms with E-state index in [-0.39, 0.29) is 11.4 Å². The monoisotopic (exact) mass is 326 g/mol. The Morgan fingerprint density at radius 2 is 1.96 bits per heavy atom. The highest BCUT2D eigenvalue weighted by molar-refractivity contribution is 5.36. The number of hydrogen-bond acceptors (Lipinski definition) is 3. The van der Waals surface area contributed by atoms with Crippen LogP contribution in [-0.4, -0.2) is 19.2 Å². The van der Waals surface area contributed by atoms with Crippen molar-refractivity contribution >= 4 is 5.65 Å². The third kappa shape index (κ3) is 2.72. The lowest BCUT2D eigenvalue weighted by atomic mass is 9.89. The molecule has 2 heterocycles. The van der Waals surface area contributed by atoms with E-state index >= 15 is 0 Å². The van der Waals surface area contributed by atoms with Crippen LogP contribution in [-0.2, 0) is 6.54 Å². The summed E-state index contributed by atoms with van der Waals surface area (Å²) < 4.78 is 16.7. The number of nitrogens with zero attached hydrogens (tertiary/aromatic N) is 4. The summed E-state index contributed by atoms with van der Waals surface area (Å²) in [6.07, 6.45) is 9.47. The molecule has 124 valence electrons. The Balaban J connectivity index is 1.69. The van der Waals surface area contributed by atoms with E-state index in [1.807, 2.05) is 10.6 Å². The minimum absolute atomic E-state index is 0.198. The standard InChI is InChI=1S/C18H19FN4O/c19-15-8-4-5-13(11-15)12-22-9-10-23-16(14-6-2-1-3-7-14)20-21-17(23)18(22)24/h4-5,8-11,14H,1-3,6-7,12H2. The van der Waals surface area contributed by atoms with Crippen molar-refractivity contribution < 1.29 is 4.39 Å². The van der Waals surface area contributed by atoms with Gasteiger partial charge in [-0.3, -0.25) is 9.20 Å². The highest BCUT2D eigenvalue weighted by atomic mass is 19.1. The molecule has 0 bridgehead atoms. The van der Waals surface area contributed by atoms with E-state index in [4.69, 9.17) is 0 Å². The number of benzene rings is 1. The van der Waals surface area contributed by atoms with Gasteiger partial charge in [-0.15, -0.1) is 10.2 Å². The Hall–Kier alpha value is -2.50. The minimum atomic E-state index is -0.302. The zero-order chi connectivity index (χ0) is 16.5. The zero-order valence-electron chi connectivity index (χ0n) is 13.4. The molecule has 0 radical (unpaired) electrons. The molecular weight excluding hydrogens is 307 g/mol. The second-order valence-corrected chi connectivity index (χ2v) is 6.45. The van der Waals surface area contributed by atoms with E-state index in [0.717, 1.165) is 24.2 Å². The van der Waals surface area contributed by atoms with Crippen LogP contribution in [0.1, 0.15) is 49.4 Å². The maximum Gasteiger partial charge on any atom is 0.296 e. The number of aromatic nitrogens is 4. The molecule has 0 spiro atoms. The molecule has 0 unspecified atom stereocenters. The Labute approximate surface area is 138 Å². The third-order valence-electron chi connectivity index (χ3n) is 4.78. The SMILES string of the molecule is O=c1c2nnc(C3CCCCC3)n2ccn1Cc1cccc(F)c1. The van der Waals surface area contributed by atoms with Crippen LogP contribution in [0.25, 0.3) is 5.65 Å². The topological polar surface area (TPSA) is 52.2 Å². The fourth-order valence-corrected chi connectivity index (χ4v) is 3.54. The fraction of sp³-hybridized carbons (Fsp3) is 0.389. The van der Waals surface area contributed by atoms with Crippen molar-refractivity contribution in [3.8, 4) is 0 Å². The van der Waals surface area contributed by atoms with Crippen molar-refractivity contribution in [2.45, 2.75) is 44.6 Å². The molecule has 1 fully saturated rings. The molecular formula is C18H19FN4O. The summed E-state index contributed by atoms with van der Waals surface area (Å²) in [6.45, 7) is 0.318. The highest BCUT2D eigenvalue weighted by Gasteiger charge is 2.21. The van der Waals surface area contributed by atoms with Crippen LogP contribution in [0, 0.1) is 5.82 Å². The first kappa shape index (κ1) is 15.1. The van der Waals surface area contributed by atoms with Gasteiger partial charge in [-0.05, 0) is 30.5 Å². The molecule has 2 aromatic heterocycles. The molecule has 1 aliphatic carbocycles. The third-order valence-corrected chi connectivity index (χ3v) is 4.78. The molecule has 0 atom stereocenters. The molecule has 3 aromatic rings. The van der Waals surface area contributed by atoms with Gasteiger partial charge in [0.05, 0.1) is 6.54 Å². The summed E-state index contributed by atoms with van der Waals surface area (Å²) in [6, 6.07) is 6.28. The Morgan fingerprint density at radius 3 is 2.75 bits per heavy atom. The normalized spacial score (nSPS) is 15.9. The van der Waals surface area contributed by atoms with Crippen LogP contribution >= 0.6 is 0 Å². The number of rotatable bonds is 3. The molecule has 1 aliphatic rings. The minimum Gasteiger partial charge on any atom is -0.306 e. The molecule has 24 heavy (non-hydrogen) atoms. The molecule has 1 aromatic carbocycles. The molecule has 0 aliphatic heterocycles. The van der Waals surface area contributed by atoms with Crippen molar-refractivity contribution in [3.63, 3.8) is 0 Å². The van der Waals surface area contributed by atoms with Gasteiger partial charge in [-0.2, -0.15) is 0 Å². The molecule has 4 rings (SSSR count). The fourth-order valence-electron chi connectivity index (χ4n) is 3.54. The number of halogens is 1.